The van der Waals surface area contributed by atoms with Crippen molar-refractivity contribution >= 4 is 0 Å². The van der Waals surface area contributed by atoms with Gasteiger partial charge >= 0.3 is 0 Å². The summed E-state index contributed by atoms with van der Waals surface area (Å²) in [5.41, 5.74) is 2.34. The van der Waals surface area contributed by atoms with Crippen LogP contribution in [0.15, 0.2) is 35.1 Å². The quantitative estimate of drug-likeness (QED) is 0.898. The molecule has 3 rings (SSSR count). The topological polar surface area (TPSA) is 55.0 Å². The Morgan fingerprint density at radius 3 is 2.89 bits per heavy atom. The van der Waals surface area contributed by atoms with E-state index in [1.807, 2.05) is 30.3 Å². The third kappa shape index (κ3) is 2.01. The highest BCUT2D eigenvalue weighted by Crippen LogP contribution is 2.39. The summed E-state index contributed by atoms with van der Waals surface area (Å²) in [4.78, 5) is 11.9. The zero-order valence-electron chi connectivity index (χ0n) is 10.1. The second-order valence-corrected chi connectivity index (χ2v) is 4.54. The first-order chi connectivity index (χ1) is 8.78. The summed E-state index contributed by atoms with van der Waals surface area (Å²) in [5.74, 6) is 1.27. The summed E-state index contributed by atoms with van der Waals surface area (Å²) in [7, 11) is 1.62. The monoisotopic (exact) mass is 242 g/mol. The van der Waals surface area contributed by atoms with Gasteiger partial charge in [0.05, 0.1) is 18.4 Å². The minimum Gasteiger partial charge on any atom is -0.497 e. The van der Waals surface area contributed by atoms with Crippen LogP contribution in [0.5, 0.6) is 5.75 Å². The molecule has 0 radical (unpaired) electrons. The van der Waals surface area contributed by atoms with Crippen molar-refractivity contribution in [1.29, 1.82) is 0 Å². The van der Waals surface area contributed by atoms with Crippen LogP contribution in [0.25, 0.3) is 11.1 Å². The predicted octanol–water partition coefficient (Wildman–Crippen LogP) is 2.32. The standard InChI is InChI=1S/C14H14N2O2/c1-18-11-4-2-3-10(7-11)12-8-13(9-5-6-9)15-16-14(12)17/h2-4,7-9H,5-6H2,1H3,(H,16,17). The lowest BCUT2D eigenvalue weighted by atomic mass is 10.1. The Hall–Kier alpha value is -2.10. The first-order valence-electron chi connectivity index (χ1n) is 6.02. The molecule has 0 amide bonds. The van der Waals surface area contributed by atoms with Crippen molar-refractivity contribution in [2.45, 2.75) is 18.8 Å². The first-order valence-corrected chi connectivity index (χ1v) is 6.02. The van der Waals surface area contributed by atoms with Crippen LogP contribution in [0.4, 0.5) is 0 Å². The van der Waals surface area contributed by atoms with Gasteiger partial charge in [-0.2, -0.15) is 5.10 Å². The maximum atomic E-state index is 11.9. The minimum absolute atomic E-state index is 0.160. The van der Waals surface area contributed by atoms with Crippen LogP contribution in [0.3, 0.4) is 0 Å². The lowest BCUT2D eigenvalue weighted by molar-refractivity contribution is 0.415. The number of ether oxygens (including phenoxy) is 1. The van der Waals surface area contributed by atoms with E-state index in [0.717, 1.165) is 29.8 Å². The molecule has 0 unspecified atom stereocenters. The molecule has 0 bridgehead atoms. The first kappa shape index (κ1) is 11.0. The Morgan fingerprint density at radius 1 is 1.33 bits per heavy atom. The molecule has 0 saturated heterocycles. The van der Waals surface area contributed by atoms with E-state index in [1.165, 1.54) is 0 Å². The fraction of sp³-hybridized carbons (Fsp3) is 0.286. The van der Waals surface area contributed by atoms with E-state index in [2.05, 4.69) is 10.2 Å². The molecular weight excluding hydrogens is 228 g/mol. The molecule has 2 aromatic rings. The molecule has 1 aliphatic carbocycles. The van der Waals surface area contributed by atoms with Gasteiger partial charge in [-0.1, -0.05) is 12.1 Å². The number of benzene rings is 1. The van der Waals surface area contributed by atoms with Gasteiger partial charge < -0.3 is 4.74 Å². The van der Waals surface area contributed by atoms with Crippen LogP contribution in [0, 0.1) is 0 Å². The largest absolute Gasteiger partial charge is 0.497 e. The van der Waals surface area contributed by atoms with Crippen molar-refractivity contribution in [1.82, 2.24) is 10.2 Å². The lowest BCUT2D eigenvalue weighted by Crippen LogP contribution is -2.12. The SMILES string of the molecule is COc1cccc(-c2cc(C3CC3)n[nH]c2=O)c1. The summed E-state index contributed by atoms with van der Waals surface area (Å²) < 4.78 is 5.18. The number of rotatable bonds is 3. The number of methoxy groups -OCH3 is 1. The van der Waals surface area contributed by atoms with Crippen LogP contribution >= 0.6 is 0 Å². The van der Waals surface area contributed by atoms with E-state index in [4.69, 9.17) is 4.74 Å². The van der Waals surface area contributed by atoms with Crippen molar-refractivity contribution in [3.63, 3.8) is 0 Å². The van der Waals surface area contributed by atoms with E-state index < -0.39 is 0 Å². The molecule has 0 aliphatic heterocycles. The van der Waals surface area contributed by atoms with E-state index >= 15 is 0 Å². The van der Waals surface area contributed by atoms with Crippen LogP contribution in [-0.4, -0.2) is 17.3 Å². The molecule has 4 nitrogen and oxygen atoms in total. The van der Waals surface area contributed by atoms with Gasteiger partial charge in [-0.15, -0.1) is 0 Å². The summed E-state index contributed by atoms with van der Waals surface area (Å²) in [6.45, 7) is 0. The molecule has 1 saturated carbocycles. The highest BCUT2D eigenvalue weighted by atomic mass is 16.5. The number of hydrogen-bond donors (Lipinski definition) is 1. The molecule has 4 heteroatoms. The van der Waals surface area contributed by atoms with Crippen LogP contribution in [0.1, 0.15) is 24.5 Å². The number of nitrogens with zero attached hydrogens (tertiary/aromatic N) is 1. The molecule has 0 spiro atoms. The van der Waals surface area contributed by atoms with E-state index in [9.17, 15) is 4.79 Å². The highest BCUT2D eigenvalue weighted by Gasteiger charge is 2.26. The van der Waals surface area contributed by atoms with Crippen molar-refractivity contribution in [2.24, 2.45) is 0 Å². The van der Waals surface area contributed by atoms with Gasteiger partial charge in [0.1, 0.15) is 5.75 Å². The summed E-state index contributed by atoms with van der Waals surface area (Å²) in [5, 5.41) is 6.68. The van der Waals surface area contributed by atoms with Crippen LogP contribution in [0.2, 0.25) is 0 Å². The van der Waals surface area contributed by atoms with Crippen molar-refractivity contribution in [3.05, 3.63) is 46.4 Å². The van der Waals surface area contributed by atoms with Crippen LogP contribution in [-0.2, 0) is 0 Å². The zero-order chi connectivity index (χ0) is 12.5. The number of aromatic amines is 1. The van der Waals surface area contributed by atoms with Gasteiger partial charge in [0.15, 0.2) is 0 Å². The summed E-state index contributed by atoms with van der Waals surface area (Å²) in [6, 6.07) is 9.40. The molecule has 1 heterocycles. The Labute approximate surface area is 105 Å². The molecule has 1 N–H and O–H groups in total. The van der Waals surface area contributed by atoms with E-state index in [0.29, 0.717) is 11.5 Å². The van der Waals surface area contributed by atoms with Gasteiger partial charge in [0.25, 0.3) is 5.56 Å². The fourth-order valence-electron chi connectivity index (χ4n) is 2.01. The maximum Gasteiger partial charge on any atom is 0.272 e. The number of hydrogen-bond acceptors (Lipinski definition) is 3. The Bertz CT molecular complexity index is 630. The van der Waals surface area contributed by atoms with Crippen molar-refractivity contribution in [3.8, 4) is 16.9 Å². The molecule has 1 fully saturated rings. The summed E-state index contributed by atoms with van der Waals surface area (Å²) in [6.07, 6.45) is 2.33. The van der Waals surface area contributed by atoms with Crippen LogP contribution < -0.4 is 10.3 Å². The summed E-state index contributed by atoms with van der Waals surface area (Å²) >= 11 is 0. The third-order valence-corrected chi connectivity index (χ3v) is 3.20. The maximum absolute atomic E-state index is 11.9. The highest BCUT2D eigenvalue weighted by molar-refractivity contribution is 5.64. The van der Waals surface area contributed by atoms with E-state index in [-0.39, 0.29) is 5.56 Å². The molecule has 1 aliphatic rings. The van der Waals surface area contributed by atoms with Gasteiger partial charge in [-0.05, 0) is 36.6 Å². The van der Waals surface area contributed by atoms with Crippen molar-refractivity contribution < 1.29 is 4.74 Å². The normalized spacial score (nSPS) is 14.5. The minimum atomic E-state index is -0.160. The average molecular weight is 242 g/mol. The second-order valence-electron chi connectivity index (χ2n) is 4.54. The molecule has 1 aromatic carbocycles. The Kier molecular flexibility index (Phi) is 2.63. The number of H-pyrrole nitrogens is 1. The third-order valence-electron chi connectivity index (χ3n) is 3.20. The molecule has 0 atom stereocenters. The lowest BCUT2D eigenvalue weighted by Gasteiger charge is -2.05. The number of aromatic nitrogens is 2. The van der Waals surface area contributed by atoms with Gasteiger partial charge in [-0.25, -0.2) is 5.10 Å². The fourth-order valence-corrected chi connectivity index (χ4v) is 2.01. The zero-order valence-corrected chi connectivity index (χ0v) is 10.1. The average Bonchev–Trinajstić information content (AvgIpc) is 3.24. The van der Waals surface area contributed by atoms with Gasteiger partial charge in [0.2, 0.25) is 0 Å². The second kappa shape index (κ2) is 4.29. The Balaban J connectivity index is 2.08. The molecule has 1 aromatic heterocycles. The van der Waals surface area contributed by atoms with E-state index in [1.54, 1.807) is 7.11 Å². The van der Waals surface area contributed by atoms with Gasteiger partial charge in [-0.3, -0.25) is 4.79 Å². The Morgan fingerprint density at radius 2 is 2.17 bits per heavy atom. The predicted molar refractivity (Wildman–Crippen MR) is 68.8 cm³/mol. The molecular formula is C14H14N2O2. The molecule has 18 heavy (non-hydrogen) atoms. The van der Waals surface area contributed by atoms with Crippen molar-refractivity contribution in [2.75, 3.05) is 7.11 Å². The number of nitrogens with one attached hydrogen (secondary N) is 1. The smallest absolute Gasteiger partial charge is 0.272 e. The van der Waals surface area contributed by atoms with Gasteiger partial charge in [0, 0.05) is 5.92 Å². The molecule has 92 valence electrons.